The first kappa shape index (κ1) is 13.4. The normalized spacial score (nSPS) is 16.5. The zero-order chi connectivity index (χ0) is 15.2. The summed E-state index contributed by atoms with van der Waals surface area (Å²) in [5.74, 6) is 3.07. The van der Waals surface area contributed by atoms with Gasteiger partial charge in [0.1, 0.15) is 22.8 Å². The smallest absolute Gasteiger partial charge is 0.152 e. The van der Waals surface area contributed by atoms with E-state index in [4.69, 9.17) is 0 Å². The van der Waals surface area contributed by atoms with Crippen molar-refractivity contribution in [1.29, 1.82) is 0 Å². The second kappa shape index (κ2) is 5.26. The zero-order valence-corrected chi connectivity index (χ0v) is 13.7. The SMILES string of the molecule is c1nc(NCc2nnc3n2CCC3)c2c3c(sc2n1)CCCC3. The summed E-state index contributed by atoms with van der Waals surface area (Å²) in [5, 5.41) is 13.3. The van der Waals surface area contributed by atoms with Gasteiger partial charge < -0.3 is 9.88 Å². The first-order chi connectivity index (χ1) is 11.4. The number of aromatic nitrogens is 5. The quantitative estimate of drug-likeness (QED) is 0.801. The summed E-state index contributed by atoms with van der Waals surface area (Å²) in [5.41, 5.74) is 1.46. The van der Waals surface area contributed by atoms with Crippen molar-refractivity contribution in [3.8, 4) is 0 Å². The summed E-state index contributed by atoms with van der Waals surface area (Å²) in [6, 6.07) is 0. The van der Waals surface area contributed by atoms with Crippen LogP contribution in [0.1, 0.15) is 41.4 Å². The molecule has 3 aromatic rings. The van der Waals surface area contributed by atoms with Crippen LogP contribution in [0.25, 0.3) is 10.2 Å². The van der Waals surface area contributed by atoms with Crippen molar-refractivity contribution in [2.75, 3.05) is 5.32 Å². The van der Waals surface area contributed by atoms with Crippen LogP contribution >= 0.6 is 11.3 Å². The average molecular weight is 326 g/mol. The van der Waals surface area contributed by atoms with Gasteiger partial charge in [-0.15, -0.1) is 21.5 Å². The molecule has 4 heterocycles. The van der Waals surface area contributed by atoms with E-state index in [2.05, 4.69) is 30.0 Å². The van der Waals surface area contributed by atoms with E-state index in [-0.39, 0.29) is 0 Å². The molecule has 1 aliphatic carbocycles. The molecule has 1 N–H and O–H groups in total. The fraction of sp³-hybridized carbons (Fsp3) is 0.500. The van der Waals surface area contributed by atoms with Crippen LogP contribution in [-0.4, -0.2) is 24.7 Å². The Morgan fingerprint density at radius 1 is 1.09 bits per heavy atom. The van der Waals surface area contributed by atoms with Crippen molar-refractivity contribution in [2.24, 2.45) is 0 Å². The maximum Gasteiger partial charge on any atom is 0.152 e. The van der Waals surface area contributed by atoms with Crippen molar-refractivity contribution >= 4 is 27.4 Å². The van der Waals surface area contributed by atoms with Gasteiger partial charge >= 0.3 is 0 Å². The highest BCUT2D eigenvalue weighted by molar-refractivity contribution is 7.19. The standard InChI is InChI=1S/C16H18N6S/c1-2-5-11-10(4-1)14-15(18-9-19-16(14)23-11)17-8-13-21-20-12-6-3-7-22(12)13/h9H,1-8H2,(H,17,18,19). The summed E-state index contributed by atoms with van der Waals surface area (Å²) in [6.45, 7) is 1.70. The number of anilines is 1. The lowest BCUT2D eigenvalue weighted by Crippen LogP contribution is -2.09. The van der Waals surface area contributed by atoms with E-state index in [1.54, 1.807) is 6.33 Å². The van der Waals surface area contributed by atoms with Gasteiger partial charge in [-0.1, -0.05) is 0 Å². The van der Waals surface area contributed by atoms with Crippen LogP contribution in [0.2, 0.25) is 0 Å². The minimum Gasteiger partial charge on any atom is -0.362 e. The lowest BCUT2D eigenvalue weighted by molar-refractivity contribution is 0.695. The molecule has 0 saturated heterocycles. The molecule has 0 aromatic carbocycles. The molecule has 6 nitrogen and oxygen atoms in total. The van der Waals surface area contributed by atoms with Crippen LogP contribution in [-0.2, 0) is 32.4 Å². The number of fused-ring (bicyclic) bond motifs is 4. The van der Waals surface area contributed by atoms with Crippen LogP contribution in [0.3, 0.4) is 0 Å². The molecule has 0 bridgehead atoms. The lowest BCUT2D eigenvalue weighted by atomic mass is 9.97. The third-order valence-corrected chi connectivity index (χ3v) is 6.05. The van der Waals surface area contributed by atoms with Crippen LogP contribution in [0.15, 0.2) is 6.33 Å². The van der Waals surface area contributed by atoms with Crippen LogP contribution in [0.4, 0.5) is 5.82 Å². The molecule has 0 saturated carbocycles. The van der Waals surface area contributed by atoms with Gasteiger partial charge in [-0.3, -0.25) is 0 Å². The Morgan fingerprint density at radius 2 is 2.04 bits per heavy atom. The number of aryl methyl sites for hydroxylation is 3. The van der Waals surface area contributed by atoms with Gasteiger partial charge in [0.2, 0.25) is 0 Å². The van der Waals surface area contributed by atoms with Crippen molar-refractivity contribution in [2.45, 2.75) is 51.6 Å². The van der Waals surface area contributed by atoms with Crippen LogP contribution < -0.4 is 5.32 Å². The first-order valence-electron chi connectivity index (χ1n) is 8.30. The van der Waals surface area contributed by atoms with Crippen molar-refractivity contribution in [3.05, 3.63) is 28.4 Å². The van der Waals surface area contributed by atoms with E-state index >= 15 is 0 Å². The van der Waals surface area contributed by atoms with Gasteiger partial charge in [-0.2, -0.15) is 0 Å². The molecule has 23 heavy (non-hydrogen) atoms. The minimum absolute atomic E-state index is 0.670. The molecule has 7 heteroatoms. The van der Waals surface area contributed by atoms with Gasteiger partial charge in [-0.05, 0) is 37.7 Å². The molecule has 118 valence electrons. The monoisotopic (exact) mass is 326 g/mol. The molecule has 0 unspecified atom stereocenters. The maximum absolute atomic E-state index is 4.51. The van der Waals surface area contributed by atoms with Crippen molar-refractivity contribution in [3.63, 3.8) is 0 Å². The van der Waals surface area contributed by atoms with Gasteiger partial charge in [0.25, 0.3) is 0 Å². The Labute approximate surface area is 138 Å². The third kappa shape index (κ3) is 2.14. The fourth-order valence-corrected chi connectivity index (χ4v) is 4.96. The summed E-state index contributed by atoms with van der Waals surface area (Å²) < 4.78 is 2.23. The summed E-state index contributed by atoms with van der Waals surface area (Å²) >= 11 is 1.83. The van der Waals surface area contributed by atoms with E-state index in [0.29, 0.717) is 6.54 Å². The lowest BCUT2D eigenvalue weighted by Gasteiger charge is -2.12. The zero-order valence-electron chi connectivity index (χ0n) is 12.9. The van der Waals surface area contributed by atoms with E-state index in [1.807, 2.05) is 11.3 Å². The molecule has 0 spiro atoms. The number of thiophene rings is 1. The number of nitrogens with one attached hydrogen (secondary N) is 1. The molecular weight excluding hydrogens is 308 g/mol. The Bertz CT molecular complexity index is 880. The predicted molar refractivity (Wildman–Crippen MR) is 89.7 cm³/mol. The molecule has 0 atom stereocenters. The number of hydrogen-bond acceptors (Lipinski definition) is 6. The maximum atomic E-state index is 4.51. The van der Waals surface area contributed by atoms with Gasteiger partial charge in [-0.25, -0.2) is 9.97 Å². The topological polar surface area (TPSA) is 68.5 Å². The molecule has 0 radical (unpaired) electrons. The van der Waals surface area contributed by atoms with Crippen molar-refractivity contribution in [1.82, 2.24) is 24.7 Å². The average Bonchev–Trinajstić information content (AvgIpc) is 3.27. The second-order valence-corrected chi connectivity index (χ2v) is 7.34. The molecule has 0 amide bonds. The Morgan fingerprint density at radius 3 is 3.04 bits per heavy atom. The molecule has 2 aliphatic rings. The Balaban J connectivity index is 1.49. The van der Waals surface area contributed by atoms with E-state index in [1.165, 1.54) is 41.5 Å². The fourth-order valence-electron chi connectivity index (χ4n) is 3.73. The van der Waals surface area contributed by atoms with Gasteiger partial charge in [0.05, 0.1) is 11.9 Å². The highest BCUT2D eigenvalue weighted by Gasteiger charge is 2.21. The Hall–Kier alpha value is -2.02. The predicted octanol–water partition coefficient (Wildman–Crippen LogP) is 2.72. The number of nitrogens with zero attached hydrogens (tertiary/aromatic N) is 5. The van der Waals surface area contributed by atoms with Gasteiger partial charge in [0.15, 0.2) is 5.82 Å². The highest BCUT2D eigenvalue weighted by Crippen LogP contribution is 2.38. The minimum atomic E-state index is 0.670. The largest absolute Gasteiger partial charge is 0.362 e. The Kier molecular flexibility index (Phi) is 3.07. The summed E-state index contributed by atoms with van der Waals surface area (Å²) in [4.78, 5) is 11.6. The molecule has 0 fully saturated rings. The van der Waals surface area contributed by atoms with E-state index in [0.717, 1.165) is 41.7 Å². The van der Waals surface area contributed by atoms with E-state index in [9.17, 15) is 0 Å². The second-order valence-electron chi connectivity index (χ2n) is 6.25. The first-order valence-corrected chi connectivity index (χ1v) is 9.12. The number of rotatable bonds is 3. The third-order valence-electron chi connectivity index (χ3n) is 4.85. The summed E-state index contributed by atoms with van der Waals surface area (Å²) in [6.07, 6.45) is 8.79. The van der Waals surface area contributed by atoms with Gasteiger partial charge in [0, 0.05) is 17.8 Å². The summed E-state index contributed by atoms with van der Waals surface area (Å²) in [7, 11) is 0. The molecule has 1 aliphatic heterocycles. The molecule has 5 rings (SSSR count). The highest BCUT2D eigenvalue weighted by atomic mass is 32.1. The van der Waals surface area contributed by atoms with Crippen LogP contribution in [0.5, 0.6) is 0 Å². The molecular formula is C16H18N6S. The van der Waals surface area contributed by atoms with Crippen LogP contribution in [0, 0.1) is 0 Å². The molecule has 3 aromatic heterocycles. The number of hydrogen-bond donors (Lipinski definition) is 1. The van der Waals surface area contributed by atoms with Crippen molar-refractivity contribution < 1.29 is 0 Å². The van der Waals surface area contributed by atoms with E-state index < -0.39 is 0 Å².